The second-order valence-corrected chi connectivity index (χ2v) is 10.6. The van der Waals surface area contributed by atoms with E-state index in [9.17, 15) is 15.0 Å². The Kier molecular flexibility index (Phi) is 1.86. The molecule has 9 fully saturated rings. The molecule has 2 N–H and O–H groups in total. The summed E-state index contributed by atoms with van der Waals surface area (Å²) in [4.78, 5) is 15.5. The van der Waals surface area contributed by atoms with Crippen molar-refractivity contribution in [2.24, 2.45) is 39.9 Å². The molecule has 3 heterocycles. The Hall–Kier alpha value is -0.710. The Morgan fingerprint density at radius 2 is 1.96 bits per heavy atom. The lowest BCUT2D eigenvalue weighted by molar-refractivity contribution is -0.207. The van der Waals surface area contributed by atoms with Gasteiger partial charge in [0.2, 0.25) is 0 Å². The van der Waals surface area contributed by atoms with Gasteiger partial charge in [-0.05, 0) is 35.5 Å². The van der Waals surface area contributed by atoms with Gasteiger partial charge in [-0.2, -0.15) is 0 Å². The zero-order valence-electron chi connectivity index (χ0n) is 14.1. The molecule has 6 saturated carbocycles. The van der Waals surface area contributed by atoms with Gasteiger partial charge in [0.15, 0.2) is 0 Å². The van der Waals surface area contributed by atoms with Crippen molar-refractivity contribution < 1.29 is 15.0 Å². The van der Waals surface area contributed by atoms with E-state index >= 15 is 0 Å². The summed E-state index contributed by atoms with van der Waals surface area (Å²) in [6.07, 6.45) is 2.48. The van der Waals surface area contributed by atoms with Crippen molar-refractivity contribution >= 4 is 5.78 Å². The fourth-order valence-electron chi connectivity index (χ4n) is 10.4. The van der Waals surface area contributed by atoms with Crippen molar-refractivity contribution in [2.75, 3.05) is 6.54 Å². The van der Waals surface area contributed by atoms with E-state index in [1.807, 2.05) is 0 Å². The number of Topliss-reactive ketones (excluding diaryl/α,β-unsaturated/α-hetero) is 1. The number of carbonyl (C=O) groups is 1. The molecule has 9 bridgehead atoms. The molecular formula is C20H25NO3. The third-order valence-corrected chi connectivity index (χ3v) is 9.96. The molecular weight excluding hydrogens is 302 g/mol. The van der Waals surface area contributed by atoms with E-state index in [1.54, 1.807) is 0 Å². The highest BCUT2D eigenvalue weighted by Gasteiger charge is 2.90. The molecule has 4 nitrogen and oxygen atoms in total. The fraction of sp³-hybridized carbons (Fsp3) is 0.850. The van der Waals surface area contributed by atoms with Crippen LogP contribution < -0.4 is 0 Å². The molecule has 0 amide bonds. The third-order valence-electron chi connectivity index (χ3n) is 9.96. The van der Waals surface area contributed by atoms with Gasteiger partial charge >= 0.3 is 0 Å². The average Bonchev–Trinajstić information content (AvgIpc) is 2.88. The minimum atomic E-state index is -0.501. The highest BCUT2D eigenvalue weighted by molar-refractivity contribution is 5.82. The van der Waals surface area contributed by atoms with Gasteiger partial charge in [0.25, 0.3) is 0 Å². The van der Waals surface area contributed by atoms with Crippen LogP contribution in [0.5, 0.6) is 0 Å². The molecule has 3 saturated heterocycles. The van der Waals surface area contributed by atoms with E-state index in [-0.39, 0.29) is 34.0 Å². The normalized spacial score (nSPS) is 73.0. The Balaban J connectivity index is 1.55. The highest BCUT2D eigenvalue weighted by Crippen LogP contribution is 2.86. The molecule has 6 aliphatic carbocycles. The summed E-state index contributed by atoms with van der Waals surface area (Å²) in [5.41, 5.74) is 1.10. The molecule has 0 radical (unpaired) electrons. The first-order valence-corrected chi connectivity index (χ1v) is 9.66. The molecule has 3 aliphatic heterocycles. The maximum Gasteiger partial charge on any atom is 0.134 e. The maximum absolute atomic E-state index is 12.8. The molecule has 0 aromatic rings. The van der Waals surface area contributed by atoms with Crippen LogP contribution in [0.3, 0.4) is 0 Å². The monoisotopic (exact) mass is 327 g/mol. The van der Waals surface area contributed by atoms with Gasteiger partial charge in [-0.3, -0.25) is 9.69 Å². The van der Waals surface area contributed by atoms with Crippen LogP contribution in [0.15, 0.2) is 12.2 Å². The van der Waals surface area contributed by atoms with Crippen LogP contribution in [0.25, 0.3) is 0 Å². The van der Waals surface area contributed by atoms with E-state index in [1.165, 1.54) is 0 Å². The zero-order chi connectivity index (χ0) is 16.4. The Labute approximate surface area is 141 Å². The molecule has 2 spiro atoms. The van der Waals surface area contributed by atoms with Gasteiger partial charge in [-0.1, -0.05) is 19.1 Å². The van der Waals surface area contributed by atoms with E-state index < -0.39 is 12.2 Å². The highest BCUT2D eigenvalue weighted by atomic mass is 16.3. The SMILES string of the molecule is C=C1CC23CC4C5C6(C)CC(=O)CC57C(C2C(O)C1C(O)C37)N4C6. The van der Waals surface area contributed by atoms with E-state index in [0.717, 1.165) is 31.4 Å². The quantitative estimate of drug-likeness (QED) is 0.651. The Morgan fingerprint density at radius 3 is 2.75 bits per heavy atom. The summed E-state index contributed by atoms with van der Waals surface area (Å²) >= 11 is 0. The lowest BCUT2D eigenvalue weighted by atomic mass is 9.40. The number of rotatable bonds is 0. The molecule has 4 heteroatoms. The van der Waals surface area contributed by atoms with Crippen LogP contribution in [0, 0.1) is 39.9 Å². The Bertz CT molecular complexity index is 749. The average molecular weight is 327 g/mol. The van der Waals surface area contributed by atoms with Crippen LogP contribution in [-0.4, -0.2) is 51.7 Å². The fourth-order valence-corrected chi connectivity index (χ4v) is 10.4. The van der Waals surface area contributed by atoms with Crippen molar-refractivity contribution in [1.29, 1.82) is 0 Å². The number of aliphatic hydroxyl groups excluding tert-OH is 2. The summed E-state index contributed by atoms with van der Waals surface area (Å²) in [5.74, 6) is 1.23. The van der Waals surface area contributed by atoms with Gasteiger partial charge in [-0.25, -0.2) is 0 Å². The second kappa shape index (κ2) is 3.30. The number of hydrogen-bond acceptors (Lipinski definition) is 4. The molecule has 9 rings (SSSR count). The third kappa shape index (κ3) is 0.945. The van der Waals surface area contributed by atoms with Crippen LogP contribution >= 0.6 is 0 Å². The smallest absolute Gasteiger partial charge is 0.134 e. The molecule has 24 heavy (non-hydrogen) atoms. The predicted octanol–water partition coefficient (Wildman–Crippen LogP) is 0.972. The standard InChI is InChI=1S/C20H25NO3/c1-8-3-19-6-10-15-18(2)4-9(22)5-20(15)16(19)14(24)11(8)13(23)12(19)17(20)21(10)7-18/h10-17,23-24H,1,3-7H2,2H3. The van der Waals surface area contributed by atoms with Crippen molar-refractivity contribution in [1.82, 2.24) is 4.90 Å². The molecule has 9 aliphatic rings. The van der Waals surface area contributed by atoms with Crippen molar-refractivity contribution in [3.8, 4) is 0 Å². The number of hydrogen-bond donors (Lipinski definition) is 2. The summed E-state index contributed by atoms with van der Waals surface area (Å²) < 4.78 is 0. The second-order valence-electron chi connectivity index (χ2n) is 10.6. The largest absolute Gasteiger partial charge is 0.392 e. The van der Waals surface area contributed by atoms with Gasteiger partial charge < -0.3 is 10.2 Å². The minimum absolute atomic E-state index is 0.00979. The predicted molar refractivity (Wildman–Crippen MR) is 85.8 cm³/mol. The molecule has 0 aromatic carbocycles. The van der Waals surface area contributed by atoms with Crippen molar-refractivity contribution in [3.05, 3.63) is 12.2 Å². The van der Waals surface area contributed by atoms with Crippen LogP contribution in [-0.2, 0) is 4.79 Å². The minimum Gasteiger partial charge on any atom is -0.392 e. The van der Waals surface area contributed by atoms with E-state index in [0.29, 0.717) is 30.2 Å². The lowest BCUT2D eigenvalue weighted by Crippen LogP contribution is -2.67. The first kappa shape index (κ1) is 13.5. The number of fused-ring (bicyclic) bond motifs is 1. The summed E-state index contributed by atoms with van der Waals surface area (Å²) in [6, 6.07) is 0.897. The summed E-state index contributed by atoms with van der Waals surface area (Å²) in [6.45, 7) is 7.58. The number of carbonyl (C=O) groups excluding carboxylic acids is 1. The summed E-state index contributed by atoms with van der Waals surface area (Å²) in [5, 5.41) is 22.5. The summed E-state index contributed by atoms with van der Waals surface area (Å²) in [7, 11) is 0. The van der Waals surface area contributed by atoms with Gasteiger partial charge in [0, 0.05) is 48.7 Å². The first-order valence-electron chi connectivity index (χ1n) is 9.66. The number of ketones is 1. The van der Waals surface area contributed by atoms with Crippen LogP contribution in [0.4, 0.5) is 0 Å². The molecule has 12 atom stereocenters. The number of aliphatic hydroxyl groups is 2. The number of nitrogens with zero attached hydrogens (tertiary/aromatic N) is 1. The van der Waals surface area contributed by atoms with Crippen molar-refractivity contribution in [3.63, 3.8) is 0 Å². The zero-order valence-corrected chi connectivity index (χ0v) is 14.1. The lowest BCUT2D eigenvalue weighted by Gasteiger charge is -2.65. The van der Waals surface area contributed by atoms with Crippen molar-refractivity contribution in [2.45, 2.75) is 56.9 Å². The van der Waals surface area contributed by atoms with Gasteiger partial charge in [0.05, 0.1) is 12.2 Å². The number of piperidine rings is 2. The van der Waals surface area contributed by atoms with E-state index in [4.69, 9.17) is 0 Å². The first-order chi connectivity index (χ1) is 11.4. The maximum atomic E-state index is 12.8. The van der Waals surface area contributed by atoms with E-state index in [2.05, 4.69) is 18.4 Å². The molecule has 12 unspecified atom stereocenters. The topological polar surface area (TPSA) is 60.8 Å². The molecule has 128 valence electrons. The Morgan fingerprint density at radius 1 is 1.17 bits per heavy atom. The van der Waals surface area contributed by atoms with Crippen LogP contribution in [0.2, 0.25) is 0 Å². The van der Waals surface area contributed by atoms with Crippen LogP contribution in [0.1, 0.15) is 32.6 Å². The molecule has 0 aromatic heterocycles. The van der Waals surface area contributed by atoms with Gasteiger partial charge in [0.1, 0.15) is 5.78 Å². The van der Waals surface area contributed by atoms with Gasteiger partial charge in [-0.15, -0.1) is 0 Å².